The number of anilines is 1. The van der Waals surface area contributed by atoms with Crippen LogP contribution in [0.5, 0.6) is 5.88 Å². The van der Waals surface area contributed by atoms with Crippen LogP contribution in [-0.2, 0) is 0 Å². The van der Waals surface area contributed by atoms with E-state index in [4.69, 9.17) is 0 Å². The van der Waals surface area contributed by atoms with Crippen molar-refractivity contribution in [3.63, 3.8) is 0 Å². The van der Waals surface area contributed by atoms with Gasteiger partial charge in [0, 0.05) is 26.2 Å². The van der Waals surface area contributed by atoms with Crippen molar-refractivity contribution in [3.8, 4) is 5.88 Å². The Hall–Kier alpha value is -2.97. The molecule has 1 atom stereocenters. The predicted octanol–water partition coefficient (Wildman–Crippen LogP) is 3.86. The highest BCUT2D eigenvalue weighted by Gasteiger charge is 2.32. The normalized spacial score (nSPS) is 16.3. The summed E-state index contributed by atoms with van der Waals surface area (Å²) in [4.78, 5) is 10.4. The summed E-state index contributed by atoms with van der Waals surface area (Å²) in [5, 5.41) is 15.2. The number of piperazine rings is 1. The molecule has 0 aliphatic carbocycles. The molecule has 0 radical (unpaired) electrons. The molecule has 1 aliphatic rings. The van der Waals surface area contributed by atoms with Gasteiger partial charge < -0.3 is 10.0 Å². The summed E-state index contributed by atoms with van der Waals surface area (Å²) in [6, 6.07) is 17.0. The van der Waals surface area contributed by atoms with E-state index in [9.17, 15) is 9.50 Å². The molecule has 0 amide bonds. The molecule has 3 heterocycles. The number of fused-ring (bicyclic) bond motifs is 1. The van der Waals surface area contributed by atoms with Crippen LogP contribution in [0.1, 0.15) is 22.3 Å². The van der Waals surface area contributed by atoms with Gasteiger partial charge in [0.05, 0.1) is 16.6 Å². The summed E-state index contributed by atoms with van der Waals surface area (Å²) in [6.07, 6.45) is 0. The van der Waals surface area contributed by atoms with Gasteiger partial charge in [-0.15, -0.1) is 5.10 Å². The second-order valence-electron chi connectivity index (χ2n) is 7.43. The van der Waals surface area contributed by atoms with Crippen molar-refractivity contribution in [1.82, 2.24) is 19.5 Å². The second kappa shape index (κ2) is 7.70. The number of thiazole rings is 1. The van der Waals surface area contributed by atoms with Crippen LogP contribution in [0.4, 0.5) is 10.1 Å². The number of aromatic nitrogens is 3. The van der Waals surface area contributed by atoms with E-state index < -0.39 is 0 Å². The lowest BCUT2D eigenvalue weighted by Crippen LogP contribution is -2.48. The number of aromatic hydroxyl groups is 1. The number of hydrogen-bond acceptors (Lipinski definition) is 6. The molecule has 0 unspecified atom stereocenters. The summed E-state index contributed by atoms with van der Waals surface area (Å²) in [6.45, 7) is 4.74. The molecule has 2 aromatic heterocycles. The second-order valence-corrected chi connectivity index (χ2v) is 8.44. The average molecular weight is 424 g/mol. The summed E-state index contributed by atoms with van der Waals surface area (Å²) < 4.78 is 15.7. The lowest BCUT2D eigenvalue weighted by atomic mass is 10.0. The predicted molar refractivity (Wildman–Crippen MR) is 116 cm³/mol. The topological polar surface area (TPSA) is 56.9 Å². The molecule has 0 saturated carbocycles. The van der Waals surface area contributed by atoms with E-state index in [0.29, 0.717) is 29.6 Å². The standard InChI is InChI=1S/C22H22FN5OS/c1-15-24-22-28(25-15)21(29)20(30-22)19(16-7-3-2-4-8-16)27-13-11-26(12-14-27)18-10-6-5-9-17(18)23/h2-10,19,29H,11-14H2,1H3/t19-/m0/s1. The molecule has 1 saturated heterocycles. The van der Waals surface area contributed by atoms with Crippen molar-refractivity contribution in [2.45, 2.75) is 13.0 Å². The van der Waals surface area contributed by atoms with Gasteiger partial charge in [-0.05, 0) is 24.6 Å². The number of para-hydroxylation sites is 1. The van der Waals surface area contributed by atoms with Crippen LogP contribution in [-0.4, -0.2) is 50.8 Å². The van der Waals surface area contributed by atoms with Crippen molar-refractivity contribution < 1.29 is 9.50 Å². The molecule has 4 aromatic rings. The van der Waals surface area contributed by atoms with Gasteiger partial charge in [0.15, 0.2) is 0 Å². The van der Waals surface area contributed by atoms with Crippen molar-refractivity contribution >= 4 is 22.0 Å². The number of rotatable bonds is 4. The zero-order valence-electron chi connectivity index (χ0n) is 16.6. The molecule has 154 valence electrons. The number of aryl methyl sites for hydroxylation is 1. The highest BCUT2D eigenvalue weighted by Crippen LogP contribution is 2.40. The number of nitrogens with zero attached hydrogens (tertiary/aromatic N) is 5. The van der Waals surface area contributed by atoms with Gasteiger partial charge in [0.1, 0.15) is 11.6 Å². The Morgan fingerprint density at radius 1 is 1.00 bits per heavy atom. The third-order valence-corrected chi connectivity index (χ3v) is 6.61. The van der Waals surface area contributed by atoms with Crippen LogP contribution >= 0.6 is 11.3 Å². The van der Waals surface area contributed by atoms with Gasteiger partial charge in [-0.2, -0.15) is 4.52 Å². The molecule has 1 N–H and O–H groups in total. The highest BCUT2D eigenvalue weighted by molar-refractivity contribution is 7.17. The van der Waals surface area contributed by atoms with E-state index in [-0.39, 0.29) is 17.7 Å². The summed E-state index contributed by atoms with van der Waals surface area (Å²) in [7, 11) is 0. The van der Waals surface area contributed by atoms with Gasteiger partial charge in [-0.1, -0.05) is 53.8 Å². The molecule has 30 heavy (non-hydrogen) atoms. The largest absolute Gasteiger partial charge is 0.492 e. The molecule has 0 spiro atoms. The Morgan fingerprint density at radius 3 is 2.40 bits per heavy atom. The Morgan fingerprint density at radius 2 is 1.70 bits per heavy atom. The van der Waals surface area contributed by atoms with Gasteiger partial charge in [0.2, 0.25) is 10.8 Å². The fourth-order valence-electron chi connectivity index (χ4n) is 4.12. The van der Waals surface area contributed by atoms with Crippen molar-refractivity contribution in [1.29, 1.82) is 0 Å². The lowest BCUT2D eigenvalue weighted by molar-refractivity contribution is 0.210. The number of hydrogen-bond donors (Lipinski definition) is 1. The minimum atomic E-state index is -0.191. The minimum Gasteiger partial charge on any atom is -0.492 e. The Labute approximate surface area is 177 Å². The van der Waals surface area contributed by atoms with Crippen molar-refractivity contribution in [3.05, 3.63) is 76.7 Å². The summed E-state index contributed by atoms with van der Waals surface area (Å²) in [5.74, 6) is 0.586. The maximum absolute atomic E-state index is 14.2. The van der Waals surface area contributed by atoms with Gasteiger partial charge in [-0.25, -0.2) is 9.37 Å². The van der Waals surface area contributed by atoms with Gasteiger partial charge in [0.25, 0.3) is 0 Å². The van der Waals surface area contributed by atoms with Crippen LogP contribution < -0.4 is 4.90 Å². The quantitative estimate of drug-likeness (QED) is 0.540. The molecule has 2 aromatic carbocycles. The third kappa shape index (κ3) is 3.32. The van der Waals surface area contributed by atoms with E-state index >= 15 is 0 Å². The molecule has 8 heteroatoms. The van der Waals surface area contributed by atoms with E-state index in [1.54, 1.807) is 6.07 Å². The zero-order valence-corrected chi connectivity index (χ0v) is 17.4. The minimum absolute atomic E-state index is 0.109. The Bertz CT molecular complexity index is 1170. The molecular formula is C22H22FN5OS. The molecule has 5 rings (SSSR count). The van der Waals surface area contributed by atoms with Crippen molar-refractivity contribution in [2.75, 3.05) is 31.1 Å². The summed E-state index contributed by atoms with van der Waals surface area (Å²) >= 11 is 1.47. The maximum atomic E-state index is 14.2. The first-order chi connectivity index (χ1) is 14.6. The first-order valence-electron chi connectivity index (χ1n) is 9.95. The monoisotopic (exact) mass is 423 g/mol. The average Bonchev–Trinajstić information content (AvgIpc) is 3.27. The van der Waals surface area contributed by atoms with E-state index in [2.05, 4.69) is 32.0 Å². The lowest BCUT2D eigenvalue weighted by Gasteiger charge is -2.40. The third-order valence-electron chi connectivity index (χ3n) is 5.54. The SMILES string of the molecule is Cc1nc2sc([C@H](c3ccccc3)N3CCN(c4ccccc4F)CC3)c(O)n2n1. The van der Waals surface area contributed by atoms with Crippen LogP contribution in [0.25, 0.3) is 4.96 Å². The smallest absolute Gasteiger partial charge is 0.230 e. The summed E-state index contributed by atoms with van der Waals surface area (Å²) in [5.41, 5.74) is 1.75. The first-order valence-corrected chi connectivity index (χ1v) is 10.8. The maximum Gasteiger partial charge on any atom is 0.230 e. The fourth-order valence-corrected chi connectivity index (χ4v) is 5.28. The zero-order chi connectivity index (χ0) is 20.7. The van der Waals surface area contributed by atoms with E-state index in [1.165, 1.54) is 21.9 Å². The van der Waals surface area contributed by atoms with E-state index in [1.807, 2.05) is 37.3 Å². The number of halogens is 1. The van der Waals surface area contributed by atoms with Crippen LogP contribution in [0.2, 0.25) is 0 Å². The molecule has 6 nitrogen and oxygen atoms in total. The number of benzene rings is 2. The molecule has 1 fully saturated rings. The fraction of sp³-hybridized carbons (Fsp3) is 0.273. The van der Waals surface area contributed by atoms with Crippen LogP contribution in [0.3, 0.4) is 0 Å². The van der Waals surface area contributed by atoms with Crippen LogP contribution in [0.15, 0.2) is 54.6 Å². The highest BCUT2D eigenvalue weighted by atomic mass is 32.1. The molecule has 1 aliphatic heterocycles. The Kier molecular flexibility index (Phi) is 4.88. The van der Waals surface area contributed by atoms with Gasteiger partial charge >= 0.3 is 0 Å². The first kappa shape index (κ1) is 19.0. The van der Waals surface area contributed by atoms with Crippen LogP contribution in [0, 0.1) is 12.7 Å². The molecule has 0 bridgehead atoms. The van der Waals surface area contributed by atoms with E-state index in [0.717, 1.165) is 23.5 Å². The van der Waals surface area contributed by atoms with Gasteiger partial charge in [-0.3, -0.25) is 4.90 Å². The molecular weight excluding hydrogens is 401 g/mol. The van der Waals surface area contributed by atoms with Crippen molar-refractivity contribution in [2.24, 2.45) is 0 Å². The Balaban J connectivity index is 1.47.